The molecule has 0 heterocycles. The van der Waals surface area contributed by atoms with E-state index in [9.17, 15) is 18.0 Å². The molecule has 0 spiro atoms. The summed E-state index contributed by atoms with van der Waals surface area (Å²) in [5.74, 6) is -1.78. The lowest BCUT2D eigenvalue weighted by atomic mass is 10.1. The molecule has 1 fully saturated rings. The minimum absolute atomic E-state index is 0.304. The zero-order valence-electron chi connectivity index (χ0n) is 14.5. The number of hydrogen-bond acceptors (Lipinski definition) is 6. The average molecular weight is 378 g/mol. The fourth-order valence-electron chi connectivity index (χ4n) is 2.43. The second-order valence-corrected chi connectivity index (χ2v) is 8.72. The number of nitrogens with one attached hydrogen (secondary N) is 2. The summed E-state index contributed by atoms with van der Waals surface area (Å²) in [6.07, 6.45) is 2.68. The molecule has 0 saturated heterocycles. The van der Waals surface area contributed by atoms with E-state index in [0.29, 0.717) is 31.4 Å². The number of nitrogens with zero attached hydrogens (tertiary/aromatic N) is 1. The number of hydrogen-bond donors (Lipinski definition) is 3. The van der Waals surface area contributed by atoms with Gasteiger partial charge in [-0.05, 0) is 43.5 Å². The van der Waals surface area contributed by atoms with E-state index in [2.05, 4.69) is 10.6 Å². The molecule has 1 aliphatic carbocycles. The van der Waals surface area contributed by atoms with Crippen molar-refractivity contribution in [3.63, 3.8) is 0 Å². The van der Waals surface area contributed by atoms with Gasteiger partial charge in [0.25, 0.3) is 5.91 Å². The molecule has 1 aromatic carbocycles. The third-order valence-electron chi connectivity index (χ3n) is 4.07. The lowest BCUT2D eigenvalue weighted by molar-refractivity contribution is -0.123. The molecular formula is C17H22N4O4S. The lowest BCUT2D eigenvalue weighted by Gasteiger charge is -2.19. The zero-order valence-corrected chi connectivity index (χ0v) is 15.3. The summed E-state index contributed by atoms with van der Waals surface area (Å²) < 4.78 is 23.2. The average Bonchev–Trinajstić information content (AvgIpc) is 3.34. The monoisotopic (exact) mass is 378 g/mol. The molecule has 140 valence electrons. The Bertz CT molecular complexity index is 823. The quantitative estimate of drug-likeness (QED) is 0.557. The molecule has 2 rings (SSSR count). The van der Waals surface area contributed by atoms with Gasteiger partial charge in [0.2, 0.25) is 5.91 Å². The normalized spacial score (nSPS) is 16.2. The molecule has 8 nitrogen and oxygen atoms in total. The van der Waals surface area contributed by atoms with Gasteiger partial charge in [0, 0.05) is 11.8 Å². The van der Waals surface area contributed by atoms with Gasteiger partial charge >= 0.3 is 0 Å². The van der Waals surface area contributed by atoms with Gasteiger partial charge in [-0.3, -0.25) is 9.59 Å². The van der Waals surface area contributed by atoms with Crippen LogP contribution in [0.1, 0.15) is 28.8 Å². The summed E-state index contributed by atoms with van der Waals surface area (Å²) >= 11 is 0. The molecule has 0 radical (unpaired) electrons. The van der Waals surface area contributed by atoms with Gasteiger partial charge in [-0.2, -0.15) is 5.26 Å². The van der Waals surface area contributed by atoms with Crippen molar-refractivity contribution in [3.05, 3.63) is 35.4 Å². The third kappa shape index (κ3) is 5.54. The smallest absolute Gasteiger partial charge is 0.251 e. The predicted octanol–water partition coefficient (Wildman–Crippen LogP) is -0.497. The van der Waals surface area contributed by atoms with Crippen LogP contribution in [0.25, 0.3) is 0 Å². The van der Waals surface area contributed by atoms with E-state index >= 15 is 0 Å². The van der Waals surface area contributed by atoms with Crippen molar-refractivity contribution < 1.29 is 18.0 Å². The molecule has 0 bridgehead atoms. The molecule has 0 unspecified atom stereocenters. The topological polar surface area (TPSA) is 142 Å². The number of nitriles is 1. The highest BCUT2D eigenvalue weighted by Gasteiger charge is 2.46. The van der Waals surface area contributed by atoms with Crippen molar-refractivity contribution in [3.8, 4) is 6.07 Å². The van der Waals surface area contributed by atoms with Crippen LogP contribution >= 0.6 is 0 Å². The maximum Gasteiger partial charge on any atom is 0.251 e. The van der Waals surface area contributed by atoms with Crippen molar-refractivity contribution in [1.82, 2.24) is 10.6 Å². The fourth-order valence-corrected chi connectivity index (χ4v) is 3.27. The molecule has 2 amide bonds. The van der Waals surface area contributed by atoms with Crippen LogP contribution in [0.5, 0.6) is 0 Å². The lowest BCUT2D eigenvalue weighted by Crippen LogP contribution is -2.53. The molecule has 0 aliphatic heterocycles. The van der Waals surface area contributed by atoms with E-state index in [1.54, 1.807) is 24.3 Å². The Morgan fingerprint density at radius 3 is 2.38 bits per heavy atom. The van der Waals surface area contributed by atoms with E-state index < -0.39 is 39.0 Å². The van der Waals surface area contributed by atoms with Crippen LogP contribution in [0.15, 0.2) is 24.3 Å². The van der Waals surface area contributed by atoms with Crippen molar-refractivity contribution >= 4 is 21.7 Å². The summed E-state index contributed by atoms with van der Waals surface area (Å²) in [6.45, 7) is 0.489. The number of carbonyl (C=O) groups excluding carboxylic acids is 2. The Labute approximate surface area is 152 Å². The van der Waals surface area contributed by atoms with Crippen LogP contribution in [0.4, 0.5) is 0 Å². The first kappa shape index (κ1) is 19.9. The summed E-state index contributed by atoms with van der Waals surface area (Å²) in [5.41, 5.74) is 5.81. The van der Waals surface area contributed by atoms with E-state index in [-0.39, 0.29) is 0 Å². The highest BCUT2D eigenvalue weighted by Crippen LogP contribution is 2.34. The Hall–Kier alpha value is -2.44. The highest BCUT2D eigenvalue weighted by molar-refractivity contribution is 7.90. The summed E-state index contributed by atoms with van der Waals surface area (Å²) in [6, 6.07) is 7.41. The van der Waals surface area contributed by atoms with Crippen LogP contribution in [-0.4, -0.2) is 50.4 Å². The number of sulfone groups is 1. The van der Waals surface area contributed by atoms with Gasteiger partial charge in [0.15, 0.2) is 0 Å². The second kappa shape index (κ2) is 7.85. The largest absolute Gasteiger partial charge is 0.339 e. The van der Waals surface area contributed by atoms with Gasteiger partial charge in [-0.1, -0.05) is 12.1 Å². The van der Waals surface area contributed by atoms with Gasteiger partial charge in [-0.25, -0.2) is 8.42 Å². The molecule has 1 atom stereocenters. The van der Waals surface area contributed by atoms with E-state index in [1.165, 1.54) is 0 Å². The SMILES string of the molecule is CS(=O)(=O)C[C@H](NC(=O)c1ccc(CCN)cc1)C(=O)NC1(C#N)CC1. The van der Waals surface area contributed by atoms with Gasteiger partial charge in [0.05, 0.1) is 11.8 Å². The molecule has 26 heavy (non-hydrogen) atoms. The number of rotatable bonds is 8. The fraction of sp³-hybridized carbons (Fsp3) is 0.471. The van der Waals surface area contributed by atoms with E-state index in [0.717, 1.165) is 11.8 Å². The zero-order chi connectivity index (χ0) is 19.4. The van der Waals surface area contributed by atoms with Crippen LogP contribution in [0, 0.1) is 11.3 Å². The molecular weight excluding hydrogens is 356 g/mol. The van der Waals surface area contributed by atoms with Gasteiger partial charge < -0.3 is 16.4 Å². The Balaban J connectivity index is 2.11. The summed E-state index contributed by atoms with van der Waals surface area (Å²) in [7, 11) is -3.52. The van der Waals surface area contributed by atoms with Gasteiger partial charge in [0.1, 0.15) is 21.4 Å². The first-order valence-corrected chi connectivity index (χ1v) is 10.2. The maximum absolute atomic E-state index is 12.4. The van der Waals surface area contributed by atoms with Crippen molar-refractivity contribution in [1.29, 1.82) is 5.26 Å². The summed E-state index contributed by atoms with van der Waals surface area (Å²) in [5, 5.41) is 14.1. The molecule has 1 saturated carbocycles. The van der Waals surface area contributed by atoms with Crippen LogP contribution in [0.3, 0.4) is 0 Å². The van der Waals surface area contributed by atoms with E-state index in [4.69, 9.17) is 11.0 Å². The van der Waals surface area contributed by atoms with Crippen molar-refractivity contribution in [2.24, 2.45) is 5.73 Å². The second-order valence-electron chi connectivity index (χ2n) is 6.54. The van der Waals surface area contributed by atoms with Gasteiger partial charge in [-0.15, -0.1) is 0 Å². The summed E-state index contributed by atoms with van der Waals surface area (Å²) in [4.78, 5) is 24.8. The van der Waals surface area contributed by atoms with E-state index in [1.807, 2.05) is 6.07 Å². The molecule has 0 aromatic heterocycles. The Morgan fingerprint density at radius 2 is 1.92 bits per heavy atom. The van der Waals surface area contributed by atoms with Crippen molar-refractivity contribution in [2.45, 2.75) is 30.8 Å². The third-order valence-corrected chi connectivity index (χ3v) is 5.01. The predicted molar refractivity (Wildman–Crippen MR) is 95.9 cm³/mol. The number of carbonyl (C=O) groups is 2. The Morgan fingerprint density at radius 1 is 1.31 bits per heavy atom. The minimum atomic E-state index is -3.52. The van der Waals surface area contributed by atoms with Crippen LogP contribution in [-0.2, 0) is 21.1 Å². The first-order valence-electron chi connectivity index (χ1n) is 8.19. The standard InChI is InChI=1S/C17H22N4O4S/c1-26(24,25)10-14(16(23)21-17(11-19)7-8-17)20-15(22)13-4-2-12(3-5-13)6-9-18/h2-5,14H,6-10,18H2,1H3,(H,20,22)(H,21,23)/t14-/m0/s1. The molecule has 9 heteroatoms. The van der Waals surface area contributed by atoms with Crippen LogP contribution < -0.4 is 16.4 Å². The maximum atomic E-state index is 12.4. The highest BCUT2D eigenvalue weighted by atomic mass is 32.2. The number of amides is 2. The Kier molecular flexibility index (Phi) is 6.00. The molecule has 1 aromatic rings. The number of nitrogens with two attached hydrogens (primary N) is 1. The number of benzene rings is 1. The molecule has 1 aliphatic rings. The minimum Gasteiger partial charge on any atom is -0.339 e. The molecule has 4 N–H and O–H groups in total. The van der Waals surface area contributed by atoms with Crippen molar-refractivity contribution in [2.75, 3.05) is 18.6 Å². The van der Waals surface area contributed by atoms with Crippen LogP contribution in [0.2, 0.25) is 0 Å². The first-order chi connectivity index (χ1) is 12.2.